The Hall–Kier alpha value is -1.98. The van der Waals surface area contributed by atoms with Gasteiger partial charge in [0.15, 0.2) is 0 Å². The van der Waals surface area contributed by atoms with Gasteiger partial charge in [-0.05, 0) is 48.4 Å². The third-order valence-electron chi connectivity index (χ3n) is 3.16. The molecule has 4 nitrogen and oxygen atoms in total. The number of nitrogens with one attached hydrogen (secondary N) is 2. The second-order valence-corrected chi connectivity index (χ2v) is 5.81. The third kappa shape index (κ3) is 6.26. The summed E-state index contributed by atoms with van der Waals surface area (Å²) in [6, 6.07) is 10.7. The van der Waals surface area contributed by atoms with Crippen molar-refractivity contribution >= 4 is 29.2 Å². The molecule has 7 heteroatoms. The second kappa shape index (κ2) is 9.35. The highest BCUT2D eigenvalue weighted by Gasteiger charge is 2.03. The van der Waals surface area contributed by atoms with Crippen LogP contribution in [-0.2, 0) is 6.42 Å². The van der Waals surface area contributed by atoms with Crippen LogP contribution in [0.1, 0.15) is 5.56 Å². The van der Waals surface area contributed by atoms with Gasteiger partial charge in [-0.25, -0.2) is 9.18 Å². The molecule has 0 bridgehead atoms. The SMILES string of the molecule is O=C(NCCOc1ccc(F)cc1)NCCc1ccc(Cl)cc1Cl. The molecule has 2 N–H and O–H groups in total. The summed E-state index contributed by atoms with van der Waals surface area (Å²) in [6.07, 6.45) is 0.607. The van der Waals surface area contributed by atoms with Crippen molar-refractivity contribution in [3.8, 4) is 5.75 Å². The molecule has 0 aliphatic carbocycles. The van der Waals surface area contributed by atoms with Crippen LogP contribution in [0.5, 0.6) is 5.75 Å². The molecule has 0 spiro atoms. The maximum Gasteiger partial charge on any atom is 0.314 e. The Morgan fingerprint density at radius 2 is 1.75 bits per heavy atom. The first-order valence-corrected chi connectivity index (χ1v) is 8.14. The minimum Gasteiger partial charge on any atom is -0.492 e. The van der Waals surface area contributed by atoms with Gasteiger partial charge in [0.05, 0.1) is 6.54 Å². The van der Waals surface area contributed by atoms with E-state index in [9.17, 15) is 9.18 Å². The number of benzene rings is 2. The number of hydrogen-bond donors (Lipinski definition) is 2. The summed E-state index contributed by atoms with van der Waals surface area (Å²) in [7, 11) is 0. The Bertz CT molecular complexity index is 681. The van der Waals surface area contributed by atoms with E-state index in [2.05, 4.69) is 10.6 Å². The van der Waals surface area contributed by atoms with Crippen molar-refractivity contribution in [1.82, 2.24) is 10.6 Å². The molecule has 0 fully saturated rings. The van der Waals surface area contributed by atoms with E-state index in [0.29, 0.717) is 41.9 Å². The Morgan fingerprint density at radius 1 is 1.04 bits per heavy atom. The van der Waals surface area contributed by atoms with Crippen molar-refractivity contribution in [1.29, 1.82) is 0 Å². The highest BCUT2D eigenvalue weighted by atomic mass is 35.5. The van der Waals surface area contributed by atoms with E-state index < -0.39 is 0 Å². The van der Waals surface area contributed by atoms with Crippen molar-refractivity contribution < 1.29 is 13.9 Å². The molecule has 0 atom stereocenters. The number of halogens is 3. The topological polar surface area (TPSA) is 50.4 Å². The molecule has 0 saturated heterocycles. The minimum absolute atomic E-state index is 0.289. The zero-order chi connectivity index (χ0) is 17.4. The number of amides is 2. The lowest BCUT2D eigenvalue weighted by atomic mass is 10.1. The fourth-order valence-corrected chi connectivity index (χ4v) is 2.46. The first kappa shape index (κ1) is 18.4. The molecule has 128 valence electrons. The highest BCUT2D eigenvalue weighted by Crippen LogP contribution is 2.21. The van der Waals surface area contributed by atoms with Crippen LogP contribution in [0.4, 0.5) is 9.18 Å². The molecule has 0 saturated carbocycles. The summed E-state index contributed by atoms with van der Waals surface area (Å²) in [4.78, 5) is 11.6. The van der Waals surface area contributed by atoms with Crippen LogP contribution in [-0.4, -0.2) is 25.7 Å². The average molecular weight is 371 g/mol. The Kier molecular flexibility index (Phi) is 7.15. The lowest BCUT2D eigenvalue weighted by molar-refractivity contribution is 0.236. The van der Waals surface area contributed by atoms with Gasteiger partial charge in [0.2, 0.25) is 0 Å². The number of carbonyl (C=O) groups excluding carboxylic acids is 1. The molecule has 0 aliphatic rings. The average Bonchev–Trinajstić information content (AvgIpc) is 2.55. The number of carbonyl (C=O) groups is 1. The summed E-state index contributed by atoms with van der Waals surface area (Å²) in [5.74, 6) is 0.233. The zero-order valence-electron chi connectivity index (χ0n) is 12.8. The molecule has 2 aromatic carbocycles. The predicted molar refractivity (Wildman–Crippen MR) is 93.5 cm³/mol. The van der Waals surface area contributed by atoms with Crippen molar-refractivity contribution in [3.05, 3.63) is 63.9 Å². The van der Waals surface area contributed by atoms with Crippen LogP contribution < -0.4 is 15.4 Å². The van der Waals surface area contributed by atoms with Crippen LogP contribution in [0.25, 0.3) is 0 Å². The normalized spacial score (nSPS) is 10.3. The minimum atomic E-state index is -0.319. The summed E-state index contributed by atoms with van der Waals surface area (Å²) in [5, 5.41) is 6.56. The van der Waals surface area contributed by atoms with Crippen LogP contribution in [0.2, 0.25) is 10.0 Å². The van der Waals surface area contributed by atoms with Crippen molar-refractivity contribution in [2.24, 2.45) is 0 Å². The molecule has 24 heavy (non-hydrogen) atoms. The van der Waals surface area contributed by atoms with Crippen molar-refractivity contribution in [2.45, 2.75) is 6.42 Å². The van der Waals surface area contributed by atoms with Crippen LogP contribution in [0, 0.1) is 5.82 Å². The number of ether oxygens (including phenoxy) is 1. The third-order valence-corrected chi connectivity index (χ3v) is 3.75. The number of hydrogen-bond acceptors (Lipinski definition) is 2. The van der Waals surface area contributed by atoms with Crippen molar-refractivity contribution in [3.63, 3.8) is 0 Å². The predicted octanol–water partition coefficient (Wildman–Crippen LogP) is 4.05. The largest absolute Gasteiger partial charge is 0.492 e. The van der Waals surface area contributed by atoms with E-state index in [4.69, 9.17) is 27.9 Å². The van der Waals surface area contributed by atoms with Gasteiger partial charge in [0, 0.05) is 16.6 Å². The summed E-state index contributed by atoms with van der Waals surface area (Å²) >= 11 is 11.9. The van der Waals surface area contributed by atoms with Gasteiger partial charge < -0.3 is 15.4 Å². The standard InChI is InChI=1S/C17H17Cl2FN2O2/c18-13-2-1-12(16(19)11-13)7-8-21-17(23)22-9-10-24-15-5-3-14(20)4-6-15/h1-6,11H,7-10H2,(H2,21,22,23). The van der Waals surface area contributed by atoms with Crippen LogP contribution in [0.15, 0.2) is 42.5 Å². The summed E-state index contributed by atoms with van der Waals surface area (Å²) in [6.45, 7) is 1.08. The zero-order valence-corrected chi connectivity index (χ0v) is 14.3. The van der Waals surface area contributed by atoms with E-state index in [1.54, 1.807) is 12.1 Å². The molecule has 2 rings (SSSR count). The first-order chi connectivity index (χ1) is 11.5. The van der Waals surface area contributed by atoms with E-state index in [0.717, 1.165) is 5.56 Å². The first-order valence-electron chi connectivity index (χ1n) is 7.38. The molecule has 0 aliphatic heterocycles. The smallest absolute Gasteiger partial charge is 0.314 e. The molecular weight excluding hydrogens is 354 g/mol. The van der Waals surface area contributed by atoms with Gasteiger partial charge in [-0.15, -0.1) is 0 Å². The molecule has 2 amide bonds. The molecule has 0 radical (unpaired) electrons. The van der Waals surface area contributed by atoms with Gasteiger partial charge in [-0.2, -0.15) is 0 Å². The highest BCUT2D eigenvalue weighted by molar-refractivity contribution is 6.35. The fraction of sp³-hybridized carbons (Fsp3) is 0.235. The lowest BCUT2D eigenvalue weighted by Gasteiger charge is -2.10. The molecule has 2 aromatic rings. The van der Waals surface area contributed by atoms with Gasteiger partial charge in [-0.3, -0.25) is 0 Å². The molecular formula is C17H17Cl2FN2O2. The van der Waals surface area contributed by atoms with Crippen molar-refractivity contribution in [2.75, 3.05) is 19.7 Å². The van der Waals surface area contributed by atoms with Gasteiger partial charge in [0.25, 0.3) is 0 Å². The van der Waals surface area contributed by atoms with Crippen LogP contribution in [0.3, 0.4) is 0 Å². The summed E-state index contributed by atoms with van der Waals surface area (Å²) in [5.41, 5.74) is 0.918. The molecule has 0 unspecified atom stereocenters. The Balaban J connectivity index is 1.60. The second-order valence-electron chi connectivity index (χ2n) is 4.97. The van der Waals surface area contributed by atoms with Crippen LogP contribution >= 0.6 is 23.2 Å². The van der Waals surface area contributed by atoms with E-state index in [1.807, 2.05) is 6.07 Å². The van der Waals surface area contributed by atoms with Gasteiger partial charge in [0.1, 0.15) is 18.2 Å². The monoisotopic (exact) mass is 370 g/mol. The van der Waals surface area contributed by atoms with E-state index in [-0.39, 0.29) is 11.8 Å². The molecule has 0 aromatic heterocycles. The molecule has 0 heterocycles. The van der Waals surface area contributed by atoms with E-state index >= 15 is 0 Å². The summed E-state index contributed by atoms with van der Waals surface area (Å²) < 4.78 is 18.1. The van der Waals surface area contributed by atoms with Gasteiger partial charge in [-0.1, -0.05) is 29.3 Å². The lowest BCUT2D eigenvalue weighted by Crippen LogP contribution is -2.38. The quantitative estimate of drug-likeness (QED) is 0.722. The Morgan fingerprint density at radius 3 is 2.46 bits per heavy atom. The van der Waals surface area contributed by atoms with E-state index in [1.165, 1.54) is 24.3 Å². The fourth-order valence-electron chi connectivity index (χ4n) is 1.96. The number of urea groups is 1. The van der Waals surface area contributed by atoms with Gasteiger partial charge >= 0.3 is 6.03 Å². The Labute approximate surface area is 149 Å². The number of rotatable bonds is 7. The maximum absolute atomic E-state index is 12.7. The maximum atomic E-state index is 12.7.